The highest BCUT2D eigenvalue weighted by Crippen LogP contribution is 2.17. The highest BCUT2D eigenvalue weighted by atomic mass is 79.9. The number of carbonyl (C=O) groups excluding carboxylic acids is 1. The molecule has 0 spiro atoms. The molecule has 0 heterocycles. The monoisotopic (exact) mass is 285 g/mol. The van der Waals surface area contributed by atoms with Gasteiger partial charge < -0.3 is 10.4 Å². The molecule has 16 heavy (non-hydrogen) atoms. The summed E-state index contributed by atoms with van der Waals surface area (Å²) >= 11 is 3.38. The predicted octanol–water partition coefficient (Wildman–Crippen LogP) is 2.26. The first-order chi connectivity index (χ1) is 7.29. The van der Waals surface area contributed by atoms with Gasteiger partial charge in [0.25, 0.3) is 5.91 Å². The summed E-state index contributed by atoms with van der Waals surface area (Å²) in [4.78, 5) is 11.7. The molecule has 3 nitrogen and oxygen atoms in total. The first kappa shape index (κ1) is 13.2. The number of carbonyl (C=O) groups is 1. The molecule has 1 rings (SSSR count). The van der Waals surface area contributed by atoms with Gasteiger partial charge in [-0.05, 0) is 44.5 Å². The fraction of sp³-hybridized carbons (Fsp3) is 0.417. The molecule has 0 aromatic heterocycles. The second-order valence-corrected chi connectivity index (χ2v) is 5.31. The van der Waals surface area contributed by atoms with Crippen molar-refractivity contribution in [3.63, 3.8) is 0 Å². The van der Waals surface area contributed by atoms with Crippen LogP contribution in [-0.4, -0.2) is 23.2 Å². The quantitative estimate of drug-likeness (QED) is 0.895. The van der Waals surface area contributed by atoms with Gasteiger partial charge in [0.2, 0.25) is 0 Å². The summed E-state index contributed by atoms with van der Waals surface area (Å²) in [7, 11) is 0. The molecule has 0 aliphatic rings. The molecule has 1 aromatic carbocycles. The molecule has 2 N–H and O–H groups in total. The van der Waals surface area contributed by atoms with Gasteiger partial charge in [-0.3, -0.25) is 4.79 Å². The van der Waals surface area contributed by atoms with Crippen LogP contribution in [0, 0.1) is 6.92 Å². The number of hydrogen-bond donors (Lipinski definition) is 2. The predicted molar refractivity (Wildman–Crippen MR) is 67.5 cm³/mol. The summed E-state index contributed by atoms with van der Waals surface area (Å²) in [5.41, 5.74) is 0.723. The van der Waals surface area contributed by atoms with Crippen molar-refractivity contribution in [1.29, 1.82) is 0 Å². The Morgan fingerprint density at radius 3 is 2.62 bits per heavy atom. The van der Waals surface area contributed by atoms with Crippen LogP contribution in [0.3, 0.4) is 0 Å². The molecule has 0 radical (unpaired) electrons. The van der Waals surface area contributed by atoms with Crippen molar-refractivity contribution in [2.75, 3.05) is 6.54 Å². The Morgan fingerprint density at radius 1 is 1.50 bits per heavy atom. The molecule has 0 bridgehead atoms. The van der Waals surface area contributed by atoms with E-state index in [-0.39, 0.29) is 12.5 Å². The number of hydrogen-bond acceptors (Lipinski definition) is 2. The van der Waals surface area contributed by atoms with Gasteiger partial charge >= 0.3 is 0 Å². The van der Waals surface area contributed by atoms with Crippen LogP contribution in [-0.2, 0) is 0 Å². The van der Waals surface area contributed by atoms with Crippen molar-refractivity contribution in [1.82, 2.24) is 5.32 Å². The standard InChI is InChI=1S/C12H16BrNO2/c1-8-6-9(4-5-10(8)13)11(15)14-7-12(2,3)16/h4-6,16H,7H2,1-3H3,(H,14,15). The molecule has 4 heteroatoms. The lowest BCUT2D eigenvalue weighted by molar-refractivity contribution is 0.0694. The minimum atomic E-state index is -0.889. The van der Waals surface area contributed by atoms with Crippen LogP contribution in [0.5, 0.6) is 0 Å². The van der Waals surface area contributed by atoms with Gasteiger partial charge in [-0.25, -0.2) is 0 Å². The molecule has 0 unspecified atom stereocenters. The number of aryl methyl sites for hydroxylation is 1. The molecule has 0 saturated heterocycles. The number of amides is 1. The van der Waals surface area contributed by atoms with E-state index in [4.69, 9.17) is 0 Å². The van der Waals surface area contributed by atoms with Gasteiger partial charge in [-0.15, -0.1) is 0 Å². The maximum absolute atomic E-state index is 11.7. The second kappa shape index (κ2) is 4.97. The molecular formula is C12H16BrNO2. The van der Waals surface area contributed by atoms with E-state index >= 15 is 0 Å². The number of benzene rings is 1. The Morgan fingerprint density at radius 2 is 2.12 bits per heavy atom. The minimum absolute atomic E-state index is 0.169. The summed E-state index contributed by atoms with van der Waals surface area (Å²) in [6.45, 7) is 5.47. The van der Waals surface area contributed by atoms with E-state index in [1.54, 1.807) is 19.9 Å². The van der Waals surface area contributed by atoms with Crippen molar-refractivity contribution in [2.45, 2.75) is 26.4 Å². The molecule has 0 saturated carbocycles. The van der Waals surface area contributed by atoms with Crippen LogP contribution in [0.4, 0.5) is 0 Å². The number of nitrogens with one attached hydrogen (secondary N) is 1. The Bertz CT molecular complexity index is 396. The van der Waals surface area contributed by atoms with Gasteiger partial charge in [-0.2, -0.15) is 0 Å². The SMILES string of the molecule is Cc1cc(C(=O)NCC(C)(C)O)ccc1Br. The van der Waals surface area contributed by atoms with E-state index in [0.717, 1.165) is 10.0 Å². The molecule has 0 atom stereocenters. The Labute approximate surface area is 104 Å². The average Bonchev–Trinajstić information content (AvgIpc) is 2.17. The van der Waals surface area contributed by atoms with Crippen molar-refractivity contribution < 1.29 is 9.90 Å². The minimum Gasteiger partial charge on any atom is -0.389 e. The lowest BCUT2D eigenvalue weighted by atomic mass is 10.1. The van der Waals surface area contributed by atoms with Gasteiger partial charge in [0.05, 0.1) is 5.60 Å². The summed E-state index contributed by atoms with van der Waals surface area (Å²) in [6, 6.07) is 5.40. The van der Waals surface area contributed by atoms with E-state index < -0.39 is 5.60 Å². The summed E-state index contributed by atoms with van der Waals surface area (Å²) < 4.78 is 0.978. The average molecular weight is 286 g/mol. The number of rotatable bonds is 3. The van der Waals surface area contributed by atoms with E-state index in [2.05, 4.69) is 21.2 Å². The fourth-order valence-electron chi connectivity index (χ4n) is 1.18. The maximum atomic E-state index is 11.7. The largest absolute Gasteiger partial charge is 0.389 e. The van der Waals surface area contributed by atoms with Crippen LogP contribution in [0.2, 0.25) is 0 Å². The van der Waals surface area contributed by atoms with Crippen molar-refractivity contribution in [2.24, 2.45) is 0 Å². The van der Waals surface area contributed by atoms with E-state index in [1.807, 2.05) is 19.1 Å². The van der Waals surface area contributed by atoms with Gasteiger partial charge in [0, 0.05) is 16.6 Å². The smallest absolute Gasteiger partial charge is 0.251 e. The van der Waals surface area contributed by atoms with Gasteiger partial charge in [-0.1, -0.05) is 15.9 Å². The third-order valence-electron chi connectivity index (χ3n) is 2.10. The van der Waals surface area contributed by atoms with Crippen molar-refractivity contribution in [3.8, 4) is 0 Å². The molecule has 0 aliphatic carbocycles. The maximum Gasteiger partial charge on any atom is 0.251 e. The van der Waals surface area contributed by atoms with Crippen LogP contribution in [0.1, 0.15) is 29.8 Å². The topological polar surface area (TPSA) is 49.3 Å². The fourth-order valence-corrected chi connectivity index (χ4v) is 1.43. The molecule has 88 valence electrons. The van der Waals surface area contributed by atoms with Gasteiger partial charge in [0.15, 0.2) is 0 Å². The Kier molecular flexibility index (Phi) is 4.10. The Hall–Kier alpha value is -0.870. The molecule has 1 aromatic rings. The number of aliphatic hydroxyl groups is 1. The van der Waals surface area contributed by atoms with Crippen molar-refractivity contribution in [3.05, 3.63) is 33.8 Å². The zero-order valence-electron chi connectivity index (χ0n) is 9.67. The zero-order valence-corrected chi connectivity index (χ0v) is 11.3. The first-order valence-corrected chi connectivity index (χ1v) is 5.85. The normalized spacial score (nSPS) is 11.3. The van der Waals surface area contributed by atoms with Crippen molar-refractivity contribution >= 4 is 21.8 Å². The van der Waals surface area contributed by atoms with E-state index in [9.17, 15) is 9.90 Å². The van der Waals surface area contributed by atoms with Crippen LogP contribution in [0.25, 0.3) is 0 Å². The first-order valence-electron chi connectivity index (χ1n) is 5.06. The number of halogens is 1. The molecule has 0 aliphatic heterocycles. The summed E-state index contributed by atoms with van der Waals surface area (Å²) in [5.74, 6) is -0.169. The second-order valence-electron chi connectivity index (χ2n) is 4.46. The van der Waals surface area contributed by atoms with E-state index in [0.29, 0.717) is 5.56 Å². The van der Waals surface area contributed by atoms with Crippen LogP contribution < -0.4 is 5.32 Å². The highest BCUT2D eigenvalue weighted by Gasteiger charge is 2.14. The summed E-state index contributed by atoms with van der Waals surface area (Å²) in [5, 5.41) is 12.2. The molecular weight excluding hydrogens is 270 g/mol. The molecule has 1 amide bonds. The van der Waals surface area contributed by atoms with Gasteiger partial charge in [0.1, 0.15) is 0 Å². The van der Waals surface area contributed by atoms with E-state index in [1.165, 1.54) is 0 Å². The highest BCUT2D eigenvalue weighted by molar-refractivity contribution is 9.10. The third-order valence-corrected chi connectivity index (χ3v) is 2.99. The Balaban J connectivity index is 2.70. The summed E-state index contributed by atoms with van der Waals surface area (Å²) in [6.07, 6.45) is 0. The molecule has 0 fully saturated rings. The zero-order chi connectivity index (χ0) is 12.3. The lowest BCUT2D eigenvalue weighted by Gasteiger charge is -2.17. The van der Waals surface area contributed by atoms with Crippen LogP contribution in [0.15, 0.2) is 22.7 Å². The van der Waals surface area contributed by atoms with Crippen LogP contribution >= 0.6 is 15.9 Å². The lowest BCUT2D eigenvalue weighted by Crippen LogP contribution is -2.38. The third kappa shape index (κ3) is 3.94.